The SMILES string of the molecule is COc1cc(C)c(C)cc1-c1nc(N)n(C)c1Cl. The molecule has 0 aliphatic heterocycles. The number of nitrogens with zero attached hydrogens (tertiary/aromatic N) is 2. The van der Waals surface area contributed by atoms with Crippen LogP contribution in [0.25, 0.3) is 11.3 Å². The Morgan fingerprint density at radius 3 is 2.39 bits per heavy atom. The highest BCUT2D eigenvalue weighted by atomic mass is 35.5. The molecule has 2 rings (SSSR count). The molecule has 0 bridgehead atoms. The van der Waals surface area contributed by atoms with Crippen LogP contribution in [0.15, 0.2) is 12.1 Å². The molecule has 0 aliphatic rings. The summed E-state index contributed by atoms with van der Waals surface area (Å²) in [6.45, 7) is 4.08. The van der Waals surface area contributed by atoms with Crippen molar-refractivity contribution in [2.75, 3.05) is 12.8 Å². The highest BCUT2D eigenvalue weighted by Crippen LogP contribution is 2.36. The Hall–Kier alpha value is -1.68. The van der Waals surface area contributed by atoms with Gasteiger partial charge in [0.05, 0.1) is 7.11 Å². The molecule has 1 aromatic carbocycles. The van der Waals surface area contributed by atoms with Gasteiger partial charge in [0.2, 0.25) is 5.95 Å². The zero-order valence-electron chi connectivity index (χ0n) is 10.9. The van der Waals surface area contributed by atoms with Crippen LogP contribution in [0.1, 0.15) is 11.1 Å². The fraction of sp³-hybridized carbons (Fsp3) is 0.308. The van der Waals surface area contributed by atoms with Crippen molar-refractivity contribution >= 4 is 17.5 Å². The second kappa shape index (κ2) is 4.53. The Balaban J connectivity index is 2.70. The fourth-order valence-corrected chi connectivity index (χ4v) is 2.04. The second-order valence-electron chi connectivity index (χ2n) is 4.31. The van der Waals surface area contributed by atoms with Crippen LogP contribution in [-0.4, -0.2) is 16.7 Å². The molecule has 0 unspecified atom stereocenters. The Morgan fingerprint density at radius 1 is 1.28 bits per heavy atom. The molecule has 0 amide bonds. The van der Waals surface area contributed by atoms with Gasteiger partial charge in [-0.05, 0) is 37.1 Å². The van der Waals surface area contributed by atoms with E-state index < -0.39 is 0 Å². The first-order chi connectivity index (χ1) is 8.45. The standard InChI is InChI=1S/C13H16ClN3O/c1-7-5-9(10(18-4)6-8(7)2)11-12(14)17(3)13(15)16-11/h5-6H,1-4H3,(H2,15,16). The number of imidazole rings is 1. The summed E-state index contributed by atoms with van der Waals surface area (Å²) in [5.41, 5.74) is 9.59. The minimum absolute atomic E-state index is 0.385. The van der Waals surface area contributed by atoms with Gasteiger partial charge in [0.1, 0.15) is 16.6 Å². The van der Waals surface area contributed by atoms with Crippen molar-refractivity contribution in [3.05, 3.63) is 28.4 Å². The Labute approximate surface area is 111 Å². The van der Waals surface area contributed by atoms with Crippen LogP contribution in [0, 0.1) is 13.8 Å². The van der Waals surface area contributed by atoms with Crippen LogP contribution in [0.4, 0.5) is 5.95 Å². The van der Waals surface area contributed by atoms with E-state index in [1.54, 1.807) is 18.7 Å². The van der Waals surface area contributed by atoms with Gasteiger partial charge < -0.3 is 15.0 Å². The highest BCUT2D eigenvalue weighted by molar-refractivity contribution is 6.32. The lowest BCUT2D eigenvalue weighted by atomic mass is 10.0. The number of rotatable bonds is 2. The van der Waals surface area contributed by atoms with E-state index in [1.807, 2.05) is 26.0 Å². The molecule has 0 spiro atoms. The number of nitrogen functional groups attached to an aromatic ring is 1. The van der Waals surface area contributed by atoms with Crippen LogP contribution in [0.5, 0.6) is 5.75 Å². The number of nitrogens with two attached hydrogens (primary N) is 1. The molecule has 1 heterocycles. The number of hydrogen-bond donors (Lipinski definition) is 1. The maximum Gasteiger partial charge on any atom is 0.201 e. The van der Waals surface area contributed by atoms with Crippen molar-refractivity contribution in [1.82, 2.24) is 9.55 Å². The van der Waals surface area contributed by atoms with Gasteiger partial charge in [0.25, 0.3) is 0 Å². The first kappa shape index (κ1) is 12.8. The summed E-state index contributed by atoms with van der Waals surface area (Å²) in [7, 11) is 3.41. The summed E-state index contributed by atoms with van der Waals surface area (Å²) in [5.74, 6) is 1.13. The normalized spacial score (nSPS) is 10.7. The third-order valence-electron chi connectivity index (χ3n) is 3.13. The van der Waals surface area contributed by atoms with Crippen LogP contribution in [0.3, 0.4) is 0 Å². The minimum atomic E-state index is 0.385. The number of halogens is 1. The van der Waals surface area contributed by atoms with Gasteiger partial charge in [-0.2, -0.15) is 0 Å². The van der Waals surface area contributed by atoms with E-state index in [9.17, 15) is 0 Å². The predicted octanol–water partition coefficient (Wildman–Crippen LogP) is 2.95. The third-order valence-corrected chi connectivity index (χ3v) is 3.56. The van der Waals surface area contributed by atoms with Crippen molar-refractivity contribution in [2.24, 2.45) is 7.05 Å². The minimum Gasteiger partial charge on any atom is -0.496 e. The fourth-order valence-electron chi connectivity index (χ4n) is 1.81. The molecule has 2 aromatic rings. The molecule has 0 saturated carbocycles. The average molecular weight is 266 g/mol. The molecule has 0 fully saturated rings. The van der Waals surface area contributed by atoms with Crippen LogP contribution >= 0.6 is 11.6 Å². The average Bonchev–Trinajstić information content (AvgIpc) is 2.60. The van der Waals surface area contributed by atoms with E-state index >= 15 is 0 Å². The van der Waals surface area contributed by atoms with Crippen LogP contribution in [-0.2, 0) is 7.05 Å². The molecule has 0 aliphatic carbocycles. The van der Waals surface area contributed by atoms with Crippen molar-refractivity contribution in [3.63, 3.8) is 0 Å². The summed E-state index contributed by atoms with van der Waals surface area (Å²) in [6, 6.07) is 3.99. The van der Waals surface area contributed by atoms with Crippen LogP contribution < -0.4 is 10.5 Å². The first-order valence-electron chi connectivity index (χ1n) is 5.59. The van der Waals surface area contributed by atoms with Gasteiger partial charge in [-0.25, -0.2) is 4.98 Å². The van der Waals surface area contributed by atoms with Gasteiger partial charge >= 0.3 is 0 Å². The Morgan fingerprint density at radius 2 is 1.89 bits per heavy atom. The summed E-state index contributed by atoms with van der Waals surface area (Å²) in [6.07, 6.45) is 0. The lowest BCUT2D eigenvalue weighted by Gasteiger charge is -2.10. The van der Waals surface area contributed by atoms with E-state index in [0.29, 0.717) is 16.8 Å². The number of ether oxygens (including phenoxy) is 1. The molecular weight excluding hydrogens is 250 g/mol. The molecule has 5 heteroatoms. The molecule has 0 radical (unpaired) electrons. The second-order valence-corrected chi connectivity index (χ2v) is 4.66. The molecule has 18 heavy (non-hydrogen) atoms. The molecule has 0 saturated heterocycles. The maximum atomic E-state index is 6.23. The molecular formula is C13H16ClN3O. The van der Waals surface area contributed by atoms with Gasteiger partial charge in [-0.1, -0.05) is 11.6 Å². The lowest BCUT2D eigenvalue weighted by Crippen LogP contribution is -1.96. The van der Waals surface area contributed by atoms with Crippen molar-refractivity contribution in [1.29, 1.82) is 0 Å². The summed E-state index contributed by atoms with van der Waals surface area (Å²) in [4.78, 5) is 4.29. The third kappa shape index (κ3) is 1.93. The lowest BCUT2D eigenvalue weighted by molar-refractivity contribution is 0.416. The van der Waals surface area contributed by atoms with E-state index in [4.69, 9.17) is 22.1 Å². The van der Waals surface area contributed by atoms with Gasteiger partial charge in [0, 0.05) is 12.6 Å². The van der Waals surface area contributed by atoms with Crippen molar-refractivity contribution in [3.8, 4) is 17.0 Å². The summed E-state index contributed by atoms with van der Waals surface area (Å²) >= 11 is 6.23. The van der Waals surface area contributed by atoms with E-state index in [-0.39, 0.29) is 0 Å². The largest absolute Gasteiger partial charge is 0.496 e. The zero-order valence-corrected chi connectivity index (χ0v) is 11.7. The number of aryl methyl sites for hydroxylation is 2. The Bertz CT molecular complexity index is 605. The smallest absolute Gasteiger partial charge is 0.201 e. The van der Waals surface area contributed by atoms with E-state index in [1.165, 1.54) is 0 Å². The number of aromatic nitrogens is 2. The summed E-state index contributed by atoms with van der Waals surface area (Å²) in [5, 5.41) is 0.508. The number of methoxy groups -OCH3 is 1. The topological polar surface area (TPSA) is 53.1 Å². The van der Waals surface area contributed by atoms with Crippen molar-refractivity contribution < 1.29 is 4.74 Å². The number of anilines is 1. The van der Waals surface area contributed by atoms with Gasteiger partial charge in [-0.3, -0.25) is 0 Å². The van der Waals surface area contributed by atoms with Gasteiger partial charge in [-0.15, -0.1) is 0 Å². The number of hydrogen-bond acceptors (Lipinski definition) is 3. The van der Waals surface area contributed by atoms with E-state index in [2.05, 4.69) is 4.98 Å². The predicted molar refractivity (Wildman–Crippen MR) is 74.1 cm³/mol. The quantitative estimate of drug-likeness (QED) is 0.908. The molecule has 2 N–H and O–H groups in total. The monoisotopic (exact) mass is 265 g/mol. The first-order valence-corrected chi connectivity index (χ1v) is 5.96. The highest BCUT2D eigenvalue weighted by Gasteiger charge is 2.17. The van der Waals surface area contributed by atoms with Crippen LogP contribution in [0.2, 0.25) is 5.15 Å². The van der Waals surface area contributed by atoms with Crippen molar-refractivity contribution in [2.45, 2.75) is 13.8 Å². The van der Waals surface area contributed by atoms with Gasteiger partial charge in [0.15, 0.2) is 0 Å². The molecule has 4 nitrogen and oxygen atoms in total. The number of benzene rings is 1. The maximum absolute atomic E-state index is 6.23. The molecule has 0 atom stereocenters. The molecule has 1 aromatic heterocycles. The van der Waals surface area contributed by atoms with E-state index in [0.717, 1.165) is 22.4 Å². The molecule has 96 valence electrons. The zero-order chi connectivity index (χ0) is 13.4. The summed E-state index contributed by atoms with van der Waals surface area (Å²) < 4.78 is 7.04. The Kier molecular flexibility index (Phi) is 3.22.